The number of hydrogen-bond donors (Lipinski definition) is 0. The highest BCUT2D eigenvalue weighted by atomic mass is 19.1. The predicted octanol–water partition coefficient (Wildman–Crippen LogP) is 6.16. The molecule has 158 valence electrons. The molecule has 5 nitrogen and oxygen atoms in total. The second kappa shape index (κ2) is 7.81. The van der Waals surface area contributed by atoms with Crippen molar-refractivity contribution < 1.29 is 13.2 Å². The van der Waals surface area contributed by atoms with Gasteiger partial charge < -0.3 is 13.7 Å². The van der Waals surface area contributed by atoms with E-state index in [1.54, 1.807) is 30.5 Å². The van der Waals surface area contributed by atoms with Gasteiger partial charge in [0.2, 0.25) is 5.88 Å². The smallest absolute Gasteiger partial charge is 0.348 e. The summed E-state index contributed by atoms with van der Waals surface area (Å²) in [5.74, 6) is -0.114. The number of anilines is 1. The van der Waals surface area contributed by atoms with Crippen LogP contribution in [0.3, 0.4) is 0 Å². The predicted molar refractivity (Wildman–Crippen MR) is 126 cm³/mol. The third-order valence-electron chi connectivity index (χ3n) is 5.30. The Morgan fingerprint density at radius 3 is 2.34 bits per heavy atom. The van der Waals surface area contributed by atoms with E-state index >= 15 is 0 Å². The number of fused-ring (bicyclic) bond motifs is 3. The first kappa shape index (κ1) is 19.8. The third kappa shape index (κ3) is 3.46. The summed E-state index contributed by atoms with van der Waals surface area (Å²) in [5, 5.41) is 0.952. The number of nitrogens with zero attached hydrogens (tertiary/aromatic N) is 2. The van der Waals surface area contributed by atoms with E-state index in [-0.39, 0.29) is 17.1 Å². The first-order valence-corrected chi connectivity index (χ1v) is 10.1. The van der Waals surface area contributed by atoms with Crippen molar-refractivity contribution in [3.05, 3.63) is 94.6 Å². The fourth-order valence-corrected chi connectivity index (χ4v) is 3.66. The van der Waals surface area contributed by atoms with Crippen molar-refractivity contribution in [2.45, 2.75) is 0 Å². The van der Waals surface area contributed by atoms with Gasteiger partial charge in [-0.2, -0.15) is 0 Å². The molecular formula is C26H19FN2O3. The molecule has 6 heteroatoms. The summed E-state index contributed by atoms with van der Waals surface area (Å²) in [6, 6.07) is 20.9. The SMILES string of the molecule is CN(C)c1ccc(/C=N/c2oc3c(c2-c2ccc(F)cc2)c(=O)oc2ccccc23)cc1. The van der Waals surface area contributed by atoms with Gasteiger partial charge in [-0.1, -0.05) is 36.4 Å². The number of hydrogen-bond acceptors (Lipinski definition) is 5. The van der Waals surface area contributed by atoms with Gasteiger partial charge in [0.15, 0.2) is 5.58 Å². The van der Waals surface area contributed by atoms with Gasteiger partial charge in [0.25, 0.3) is 0 Å². The maximum absolute atomic E-state index is 13.6. The van der Waals surface area contributed by atoms with Gasteiger partial charge in [-0.25, -0.2) is 14.2 Å². The lowest BCUT2D eigenvalue weighted by Gasteiger charge is -2.11. The summed E-state index contributed by atoms with van der Waals surface area (Å²) in [7, 11) is 3.95. The highest BCUT2D eigenvalue weighted by molar-refractivity contribution is 6.09. The lowest BCUT2D eigenvalue weighted by molar-refractivity contribution is 0.565. The van der Waals surface area contributed by atoms with Crippen LogP contribution in [0, 0.1) is 5.82 Å². The minimum atomic E-state index is -0.529. The van der Waals surface area contributed by atoms with Crippen LogP contribution in [0.5, 0.6) is 0 Å². The van der Waals surface area contributed by atoms with Crippen LogP contribution >= 0.6 is 0 Å². The van der Waals surface area contributed by atoms with Crippen LogP contribution in [0.2, 0.25) is 0 Å². The number of benzene rings is 3. The molecule has 0 atom stereocenters. The molecule has 0 aliphatic rings. The van der Waals surface area contributed by atoms with Crippen LogP contribution < -0.4 is 10.5 Å². The zero-order valence-electron chi connectivity index (χ0n) is 17.5. The molecule has 0 spiro atoms. The summed E-state index contributed by atoms with van der Waals surface area (Å²) >= 11 is 0. The molecule has 0 saturated carbocycles. The zero-order valence-corrected chi connectivity index (χ0v) is 17.5. The van der Waals surface area contributed by atoms with Gasteiger partial charge in [0, 0.05) is 26.0 Å². The second-order valence-electron chi connectivity index (χ2n) is 7.62. The number of para-hydroxylation sites is 1. The number of rotatable bonds is 4. The molecule has 0 unspecified atom stereocenters. The average molecular weight is 426 g/mol. The Morgan fingerprint density at radius 2 is 1.62 bits per heavy atom. The fraction of sp³-hybridized carbons (Fsp3) is 0.0769. The zero-order chi connectivity index (χ0) is 22.2. The summed E-state index contributed by atoms with van der Waals surface area (Å²) < 4.78 is 25.2. The minimum Gasteiger partial charge on any atom is -0.437 e. The number of aliphatic imine (C=N–C) groups is 1. The molecule has 0 amide bonds. The second-order valence-corrected chi connectivity index (χ2v) is 7.62. The molecule has 3 aromatic carbocycles. The summed E-state index contributed by atoms with van der Waals surface area (Å²) in [5.41, 5.74) is 3.33. The first-order chi connectivity index (χ1) is 15.5. The van der Waals surface area contributed by atoms with E-state index in [2.05, 4.69) is 4.99 Å². The molecule has 32 heavy (non-hydrogen) atoms. The largest absolute Gasteiger partial charge is 0.437 e. The fourth-order valence-electron chi connectivity index (χ4n) is 3.66. The quantitative estimate of drug-likeness (QED) is 0.255. The maximum Gasteiger partial charge on any atom is 0.348 e. The van der Waals surface area contributed by atoms with Crippen molar-refractivity contribution in [3.8, 4) is 11.1 Å². The van der Waals surface area contributed by atoms with E-state index in [1.165, 1.54) is 12.1 Å². The lowest BCUT2D eigenvalue weighted by atomic mass is 10.0. The molecule has 5 aromatic rings. The van der Waals surface area contributed by atoms with Crippen LogP contribution in [0.15, 0.2) is 91.4 Å². The third-order valence-corrected chi connectivity index (χ3v) is 5.30. The van der Waals surface area contributed by atoms with Crippen molar-refractivity contribution in [2.75, 3.05) is 19.0 Å². The van der Waals surface area contributed by atoms with Crippen LogP contribution in [0.4, 0.5) is 16.0 Å². The Balaban J connectivity index is 1.72. The van der Waals surface area contributed by atoms with E-state index in [1.807, 2.05) is 55.4 Å². The lowest BCUT2D eigenvalue weighted by Crippen LogP contribution is -2.08. The van der Waals surface area contributed by atoms with Gasteiger partial charge in [-0.15, -0.1) is 0 Å². The molecule has 0 radical (unpaired) electrons. The molecule has 2 heterocycles. The monoisotopic (exact) mass is 426 g/mol. The molecule has 0 bridgehead atoms. The van der Waals surface area contributed by atoms with Crippen LogP contribution in [-0.4, -0.2) is 20.3 Å². The first-order valence-electron chi connectivity index (χ1n) is 10.1. The van der Waals surface area contributed by atoms with E-state index < -0.39 is 5.63 Å². The Kier molecular flexibility index (Phi) is 4.82. The van der Waals surface area contributed by atoms with Gasteiger partial charge in [0.05, 0.1) is 10.9 Å². The van der Waals surface area contributed by atoms with Crippen LogP contribution in [-0.2, 0) is 0 Å². The maximum atomic E-state index is 13.6. The molecule has 5 rings (SSSR count). The standard InChI is InChI=1S/C26H19FN2O3/c1-29(2)19-13-7-16(8-14-19)15-28-25-22(17-9-11-18(27)12-10-17)23-24(32-25)20-5-3-4-6-21(20)31-26(23)30/h3-15H,1-2H3/b28-15+. The van der Waals surface area contributed by atoms with Gasteiger partial charge in [-0.05, 0) is 47.5 Å². The Hall–Kier alpha value is -4.19. The van der Waals surface area contributed by atoms with E-state index in [9.17, 15) is 9.18 Å². The highest BCUT2D eigenvalue weighted by Gasteiger charge is 2.22. The normalized spacial score (nSPS) is 11.6. The average Bonchev–Trinajstić information content (AvgIpc) is 3.19. The Labute approximate surface area is 183 Å². The van der Waals surface area contributed by atoms with Gasteiger partial charge in [0.1, 0.15) is 16.8 Å². The van der Waals surface area contributed by atoms with Crippen molar-refractivity contribution in [1.29, 1.82) is 0 Å². The minimum absolute atomic E-state index is 0.256. The molecule has 0 N–H and O–H groups in total. The van der Waals surface area contributed by atoms with Crippen LogP contribution in [0.25, 0.3) is 33.1 Å². The molecule has 0 saturated heterocycles. The van der Waals surface area contributed by atoms with Crippen molar-refractivity contribution >= 4 is 39.7 Å². The van der Waals surface area contributed by atoms with E-state index in [0.29, 0.717) is 27.7 Å². The van der Waals surface area contributed by atoms with E-state index in [0.717, 1.165) is 11.3 Å². The summed E-state index contributed by atoms with van der Waals surface area (Å²) in [6.45, 7) is 0. The van der Waals surface area contributed by atoms with Gasteiger partial charge in [-0.3, -0.25) is 0 Å². The highest BCUT2D eigenvalue weighted by Crippen LogP contribution is 2.41. The number of furan rings is 1. The van der Waals surface area contributed by atoms with Crippen molar-refractivity contribution in [2.24, 2.45) is 4.99 Å². The summed E-state index contributed by atoms with van der Waals surface area (Å²) in [6.07, 6.45) is 1.67. The Bertz CT molecular complexity index is 1510. The van der Waals surface area contributed by atoms with Crippen LogP contribution in [0.1, 0.15) is 5.56 Å². The summed E-state index contributed by atoms with van der Waals surface area (Å²) in [4.78, 5) is 19.5. The van der Waals surface area contributed by atoms with Gasteiger partial charge >= 0.3 is 5.63 Å². The Morgan fingerprint density at radius 1 is 0.906 bits per heavy atom. The molecular weight excluding hydrogens is 407 g/mol. The van der Waals surface area contributed by atoms with Crippen molar-refractivity contribution in [1.82, 2.24) is 0 Å². The molecule has 0 aliphatic carbocycles. The topological polar surface area (TPSA) is 59.0 Å². The molecule has 2 aromatic heterocycles. The van der Waals surface area contributed by atoms with E-state index in [4.69, 9.17) is 8.83 Å². The number of halogens is 1. The van der Waals surface area contributed by atoms with Crippen molar-refractivity contribution in [3.63, 3.8) is 0 Å². The molecule has 0 aliphatic heterocycles. The molecule has 0 fully saturated rings.